The first-order chi connectivity index (χ1) is 14.0. The summed E-state index contributed by atoms with van der Waals surface area (Å²) >= 11 is 0. The number of halogens is 1. The number of nitrogens with one attached hydrogen (secondary N) is 1. The number of hydrogen-bond donors (Lipinski definition) is 1. The molecule has 2 aromatic carbocycles. The van der Waals surface area contributed by atoms with Crippen LogP contribution in [-0.4, -0.2) is 41.2 Å². The topological polar surface area (TPSA) is 50.2 Å². The number of amides is 1. The lowest BCUT2D eigenvalue weighted by atomic mass is 10.1. The van der Waals surface area contributed by atoms with Crippen LogP contribution in [0.5, 0.6) is 0 Å². The summed E-state index contributed by atoms with van der Waals surface area (Å²) in [5, 5.41) is 7.79. The molecular formula is C23H25FN4O. The van der Waals surface area contributed by atoms with E-state index in [0.717, 1.165) is 41.8 Å². The summed E-state index contributed by atoms with van der Waals surface area (Å²) in [6.07, 6.45) is 2.70. The van der Waals surface area contributed by atoms with Gasteiger partial charge in [0.1, 0.15) is 5.82 Å². The van der Waals surface area contributed by atoms with Gasteiger partial charge in [0.2, 0.25) is 0 Å². The standard InChI is InChI=1S/C23H25FN4O/c1-27(2)15-20(16-7-4-3-5-8-16)25-23(29)22-19-9-6-10-21(19)28(26-22)18-13-11-17(24)12-14-18/h3-5,7-8,11-14,20H,6,9-10,15H2,1-2H3,(H,25,29)/t20-/m1/s1. The van der Waals surface area contributed by atoms with Crippen molar-refractivity contribution < 1.29 is 9.18 Å². The van der Waals surface area contributed by atoms with E-state index in [2.05, 4.69) is 15.3 Å². The second-order valence-corrected chi connectivity index (χ2v) is 7.71. The molecule has 1 aliphatic carbocycles. The minimum absolute atomic E-state index is 0.133. The third-order valence-corrected chi connectivity index (χ3v) is 5.27. The van der Waals surface area contributed by atoms with Gasteiger partial charge in [-0.15, -0.1) is 0 Å². The molecular weight excluding hydrogens is 367 g/mol. The van der Waals surface area contributed by atoms with Crippen LogP contribution < -0.4 is 5.32 Å². The molecule has 0 radical (unpaired) electrons. The number of nitrogens with zero attached hydrogens (tertiary/aromatic N) is 3. The largest absolute Gasteiger partial charge is 0.343 e. The zero-order chi connectivity index (χ0) is 20.4. The summed E-state index contributed by atoms with van der Waals surface area (Å²) in [7, 11) is 3.98. The van der Waals surface area contributed by atoms with Gasteiger partial charge in [-0.25, -0.2) is 9.07 Å². The molecule has 0 spiro atoms. The second kappa shape index (κ2) is 8.17. The first-order valence-corrected chi connectivity index (χ1v) is 9.90. The van der Waals surface area contributed by atoms with Gasteiger partial charge in [0, 0.05) is 17.8 Å². The van der Waals surface area contributed by atoms with Crippen molar-refractivity contribution in [2.75, 3.05) is 20.6 Å². The maximum Gasteiger partial charge on any atom is 0.272 e. The number of carbonyl (C=O) groups is 1. The van der Waals surface area contributed by atoms with Crippen molar-refractivity contribution in [2.45, 2.75) is 25.3 Å². The fraction of sp³-hybridized carbons (Fsp3) is 0.304. The number of carbonyl (C=O) groups excluding carboxylic acids is 1. The Labute approximate surface area is 170 Å². The third kappa shape index (κ3) is 4.07. The average Bonchev–Trinajstić information content (AvgIpc) is 3.31. The van der Waals surface area contributed by atoms with E-state index >= 15 is 0 Å². The van der Waals surface area contributed by atoms with Gasteiger partial charge < -0.3 is 10.2 Å². The van der Waals surface area contributed by atoms with E-state index in [1.54, 1.807) is 16.8 Å². The van der Waals surface area contributed by atoms with E-state index in [1.165, 1.54) is 12.1 Å². The van der Waals surface area contributed by atoms with Crippen molar-refractivity contribution in [1.82, 2.24) is 20.0 Å². The Morgan fingerprint density at radius 3 is 2.55 bits per heavy atom. The molecule has 0 saturated heterocycles. The number of aromatic nitrogens is 2. The molecule has 0 aliphatic heterocycles. The van der Waals surface area contributed by atoms with Crippen LogP contribution in [0.4, 0.5) is 4.39 Å². The Kier molecular flexibility index (Phi) is 5.45. The highest BCUT2D eigenvalue weighted by atomic mass is 19.1. The van der Waals surface area contributed by atoms with Crippen molar-refractivity contribution in [3.63, 3.8) is 0 Å². The number of hydrogen-bond acceptors (Lipinski definition) is 3. The first-order valence-electron chi connectivity index (χ1n) is 9.90. The van der Waals surface area contributed by atoms with E-state index in [9.17, 15) is 9.18 Å². The van der Waals surface area contributed by atoms with Crippen molar-refractivity contribution in [3.05, 3.63) is 82.9 Å². The minimum Gasteiger partial charge on any atom is -0.343 e. The van der Waals surface area contributed by atoms with E-state index in [0.29, 0.717) is 12.2 Å². The van der Waals surface area contributed by atoms with Crippen molar-refractivity contribution >= 4 is 5.91 Å². The highest BCUT2D eigenvalue weighted by Crippen LogP contribution is 2.28. The highest BCUT2D eigenvalue weighted by Gasteiger charge is 2.28. The fourth-order valence-electron chi connectivity index (χ4n) is 3.93. The molecule has 1 amide bonds. The van der Waals surface area contributed by atoms with Gasteiger partial charge in [0.15, 0.2) is 5.69 Å². The monoisotopic (exact) mass is 392 g/mol. The molecule has 1 N–H and O–H groups in total. The summed E-state index contributed by atoms with van der Waals surface area (Å²) in [6, 6.07) is 16.1. The summed E-state index contributed by atoms with van der Waals surface area (Å²) in [5.74, 6) is -0.454. The summed E-state index contributed by atoms with van der Waals surface area (Å²) < 4.78 is 15.1. The van der Waals surface area contributed by atoms with Gasteiger partial charge in [-0.3, -0.25) is 4.79 Å². The van der Waals surface area contributed by atoms with E-state index in [1.807, 2.05) is 44.4 Å². The molecule has 3 aromatic rings. The quantitative estimate of drug-likeness (QED) is 0.698. The molecule has 1 aromatic heterocycles. The first kappa shape index (κ1) is 19.3. The Morgan fingerprint density at radius 2 is 1.86 bits per heavy atom. The number of benzene rings is 2. The molecule has 29 heavy (non-hydrogen) atoms. The predicted octanol–water partition coefficient (Wildman–Crippen LogP) is 3.53. The molecule has 150 valence electrons. The Balaban J connectivity index is 1.64. The average molecular weight is 392 g/mol. The van der Waals surface area contributed by atoms with Gasteiger partial charge in [0.25, 0.3) is 5.91 Å². The van der Waals surface area contributed by atoms with E-state index in [-0.39, 0.29) is 17.8 Å². The Hall–Kier alpha value is -2.99. The Morgan fingerprint density at radius 1 is 1.14 bits per heavy atom. The molecule has 1 aliphatic rings. The number of likely N-dealkylation sites (N-methyl/N-ethyl adjacent to an activating group) is 1. The van der Waals surface area contributed by atoms with E-state index in [4.69, 9.17) is 0 Å². The summed E-state index contributed by atoms with van der Waals surface area (Å²) in [6.45, 7) is 0.691. The van der Waals surface area contributed by atoms with Crippen molar-refractivity contribution in [2.24, 2.45) is 0 Å². The molecule has 1 heterocycles. The zero-order valence-electron chi connectivity index (χ0n) is 16.7. The van der Waals surface area contributed by atoms with Gasteiger partial charge in [-0.1, -0.05) is 30.3 Å². The minimum atomic E-state index is -0.287. The highest BCUT2D eigenvalue weighted by molar-refractivity contribution is 5.94. The van der Waals surface area contributed by atoms with Crippen LogP contribution in [0.3, 0.4) is 0 Å². The molecule has 4 rings (SSSR count). The molecule has 6 heteroatoms. The summed E-state index contributed by atoms with van der Waals surface area (Å²) in [5.41, 5.74) is 4.36. The third-order valence-electron chi connectivity index (χ3n) is 5.27. The lowest BCUT2D eigenvalue weighted by Crippen LogP contribution is -2.35. The molecule has 0 unspecified atom stereocenters. The lowest BCUT2D eigenvalue weighted by Gasteiger charge is -2.22. The van der Waals surface area contributed by atoms with E-state index < -0.39 is 0 Å². The SMILES string of the molecule is CN(C)C[C@@H](NC(=O)c1nn(-c2ccc(F)cc2)c2c1CCC2)c1ccccc1. The fourth-order valence-corrected chi connectivity index (χ4v) is 3.93. The molecule has 1 atom stereocenters. The van der Waals surface area contributed by atoms with Crippen LogP contribution in [-0.2, 0) is 12.8 Å². The van der Waals surface area contributed by atoms with Gasteiger partial charge in [-0.2, -0.15) is 5.10 Å². The number of fused-ring (bicyclic) bond motifs is 1. The molecule has 0 fully saturated rings. The van der Waals surface area contributed by atoms with Crippen molar-refractivity contribution in [3.8, 4) is 5.69 Å². The molecule has 5 nitrogen and oxygen atoms in total. The second-order valence-electron chi connectivity index (χ2n) is 7.71. The normalized spacial score (nSPS) is 14.1. The van der Waals surface area contributed by atoms with Crippen LogP contribution in [0.2, 0.25) is 0 Å². The summed E-state index contributed by atoms with van der Waals surface area (Å²) in [4.78, 5) is 15.3. The smallest absolute Gasteiger partial charge is 0.272 e. The van der Waals surface area contributed by atoms with Gasteiger partial charge in [0.05, 0.1) is 11.7 Å². The molecule has 0 bridgehead atoms. The van der Waals surface area contributed by atoms with Crippen LogP contribution >= 0.6 is 0 Å². The van der Waals surface area contributed by atoms with Crippen molar-refractivity contribution in [1.29, 1.82) is 0 Å². The zero-order valence-corrected chi connectivity index (χ0v) is 16.7. The maximum absolute atomic E-state index is 13.3. The van der Waals surface area contributed by atoms with Crippen LogP contribution in [0.25, 0.3) is 5.69 Å². The van der Waals surface area contributed by atoms with Crippen LogP contribution in [0.15, 0.2) is 54.6 Å². The number of rotatable bonds is 6. The Bertz CT molecular complexity index is 996. The van der Waals surface area contributed by atoms with Crippen LogP contribution in [0, 0.1) is 5.82 Å². The predicted molar refractivity (Wildman–Crippen MR) is 111 cm³/mol. The van der Waals surface area contributed by atoms with Gasteiger partial charge >= 0.3 is 0 Å². The van der Waals surface area contributed by atoms with Crippen LogP contribution in [0.1, 0.15) is 39.8 Å². The maximum atomic E-state index is 13.3. The lowest BCUT2D eigenvalue weighted by molar-refractivity contribution is 0.0923. The van der Waals surface area contributed by atoms with Gasteiger partial charge in [-0.05, 0) is 63.2 Å². The molecule has 0 saturated carbocycles.